The summed E-state index contributed by atoms with van der Waals surface area (Å²) in [6, 6.07) is 5.64. The van der Waals surface area contributed by atoms with Gasteiger partial charge in [-0.3, -0.25) is 9.97 Å². The van der Waals surface area contributed by atoms with Crippen molar-refractivity contribution >= 4 is 15.9 Å². The molecule has 2 aromatic heterocycles. The first-order valence-electron chi connectivity index (χ1n) is 5.17. The van der Waals surface area contributed by atoms with E-state index in [1.165, 1.54) is 0 Å². The molecule has 4 nitrogen and oxygen atoms in total. The lowest BCUT2D eigenvalue weighted by Crippen LogP contribution is -2.18. The lowest BCUT2D eigenvalue weighted by molar-refractivity contribution is 0.213. The average molecular weight is 294 g/mol. The molecule has 1 atom stereocenters. The number of rotatable bonds is 4. The Balaban J connectivity index is 2.16. The number of nitrogens with zero attached hydrogens (tertiary/aromatic N) is 2. The number of hydrogen-bond acceptors (Lipinski definition) is 4. The van der Waals surface area contributed by atoms with Gasteiger partial charge in [0.25, 0.3) is 0 Å². The lowest BCUT2D eigenvalue weighted by atomic mass is 10.1. The van der Waals surface area contributed by atoms with Crippen LogP contribution < -0.4 is 10.5 Å². The SMILES string of the molecule is NCC(Oc1cncc(Br)c1)c1ccncc1. The highest BCUT2D eigenvalue weighted by atomic mass is 79.9. The first kappa shape index (κ1) is 12.0. The summed E-state index contributed by atoms with van der Waals surface area (Å²) in [5, 5.41) is 0. The zero-order chi connectivity index (χ0) is 12.1. The third-order valence-corrected chi connectivity index (χ3v) is 2.68. The third kappa shape index (κ3) is 3.25. The maximum Gasteiger partial charge on any atom is 0.139 e. The van der Waals surface area contributed by atoms with Gasteiger partial charge in [-0.2, -0.15) is 0 Å². The van der Waals surface area contributed by atoms with E-state index in [2.05, 4.69) is 25.9 Å². The van der Waals surface area contributed by atoms with E-state index >= 15 is 0 Å². The van der Waals surface area contributed by atoms with Gasteiger partial charge in [-0.05, 0) is 39.7 Å². The molecule has 2 N–H and O–H groups in total. The molecule has 0 spiro atoms. The van der Waals surface area contributed by atoms with Crippen molar-refractivity contribution in [1.82, 2.24) is 9.97 Å². The first-order chi connectivity index (χ1) is 8.29. The quantitative estimate of drug-likeness (QED) is 0.940. The molecule has 2 rings (SSSR count). The molecule has 0 fully saturated rings. The molecular formula is C12H12BrN3O. The van der Waals surface area contributed by atoms with Crippen LogP contribution in [-0.4, -0.2) is 16.5 Å². The van der Waals surface area contributed by atoms with Crippen LogP contribution in [0, 0.1) is 0 Å². The molecule has 2 heterocycles. The molecule has 0 saturated heterocycles. The monoisotopic (exact) mass is 293 g/mol. The Labute approximate surface area is 108 Å². The second kappa shape index (κ2) is 5.75. The second-order valence-corrected chi connectivity index (χ2v) is 4.38. The Morgan fingerprint density at radius 1 is 1.24 bits per heavy atom. The molecule has 0 radical (unpaired) electrons. The van der Waals surface area contributed by atoms with Crippen LogP contribution in [0.3, 0.4) is 0 Å². The van der Waals surface area contributed by atoms with Gasteiger partial charge < -0.3 is 10.5 Å². The molecule has 0 aliphatic heterocycles. The molecule has 0 saturated carbocycles. The van der Waals surface area contributed by atoms with Gasteiger partial charge in [-0.1, -0.05) is 0 Å². The van der Waals surface area contributed by atoms with Gasteiger partial charge in [0.2, 0.25) is 0 Å². The summed E-state index contributed by atoms with van der Waals surface area (Å²) >= 11 is 3.35. The molecule has 0 aromatic carbocycles. The van der Waals surface area contributed by atoms with Crippen LogP contribution >= 0.6 is 15.9 Å². The van der Waals surface area contributed by atoms with Crippen LogP contribution in [0.1, 0.15) is 11.7 Å². The molecule has 17 heavy (non-hydrogen) atoms. The largest absolute Gasteiger partial charge is 0.483 e. The number of hydrogen-bond donors (Lipinski definition) is 1. The lowest BCUT2D eigenvalue weighted by Gasteiger charge is -2.17. The summed E-state index contributed by atoms with van der Waals surface area (Å²) < 4.78 is 6.66. The van der Waals surface area contributed by atoms with E-state index in [-0.39, 0.29) is 6.10 Å². The van der Waals surface area contributed by atoms with E-state index in [4.69, 9.17) is 10.5 Å². The molecular weight excluding hydrogens is 282 g/mol. The minimum atomic E-state index is -0.186. The van der Waals surface area contributed by atoms with Crippen molar-refractivity contribution < 1.29 is 4.74 Å². The van der Waals surface area contributed by atoms with E-state index in [0.29, 0.717) is 12.3 Å². The maximum absolute atomic E-state index is 5.79. The molecule has 1 unspecified atom stereocenters. The first-order valence-corrected chi connectivity index (χ1v) is 5.96. The van der Waals surface area contributed by atoms with Crippen molar-refractivity contribution in [3.8, 4) is 5.75 Å². The van der Waals surface area contributed by atoms with Gasteiger partial charge in [0.05, 0.1) is 6.20 Å². The third-order valence-electron chi connectivity index (χ3n) is 2.25. The summed E-state index contributed by atoms with van der Waals surface area (Å²) in [7, 11) is 0. The molecule has 0 amide bonds. The Morgan fingerprint density at radius 2 is 2.00 bits per heavy atom. The van der Waals surface area contributed by atoms with Gasteiger partial charge >= 0.3 is 0 Å². The van der Waals surface area contributed by atoms with E-state index in [1.54, 1.807) is 24.8 Å². The molecule has 0 bridgehead atoms. The standard InChI is InChI=1S/C12H12BrN3O/c13-10-5-11(8-16-7-10)17-12(6-14)9-1-3-15-4-2-9/h1-5,7-8,12H,6,14H2. The van der Waals surface area contributed by atoms with Gasteiger partial charge in [-0.15, -0.1) is 0 Å². The van der Waals surface area contributed by atoms with Crippen LogP contribution in [0.2, 0.25) is 0 Å². The summed E-state index contributed by atoms with van der Waals surface area (Å²) in [6.07, 6.45) is 6.63. The van der Waals surface area contributed by atoms with Gasteiger partial charge in [0, 0.05) is 29.6 Å². The van der Waals surface area contributed by atoms with Crippen LogP contribution in [0.4, 0.5) is 0 Å². The van der Waals surface area contributed by atoms with E-state index in [1.807, 2.05) is 18.2 Å². The average Bonchev–Trinajstić information content (AvgIpc) is 2.37. The minimum Gasteiger partial charge on any atom is -0.483 e. The number of nitrogens with two attached hydrogens (primary N) is 1. The van der Waals surface area contributed by atoms with E-state index in [0.717, 1.165) is 10.0 Å². The van der Waals surface area contributed by atoms with Crippen molar-refractivity contribution in [1.29, 1.82) is 0 Å². The molecule has 0 aliphatic carbocycles. The normalized spacial score (nSPS) is 12.1. The molecule has 88 valence electrons. The van der Waals surface area contributed by atoms with Crippen molar-refractivity contribution in [3.63, 3.8) is 0 Å². The fraction of sp³-hybridized carbons (Fsp3) is 0.167. The minimum absolute atomic E-state index is 0.186. The smallest absolute Gasteiger partial charge is 0.139 e. The number of aromatic nitrogens is 2. The van der Waals surface area contributed by atoms with E-state index < -0.39 is 0 Å². The Morgan fingerprint density at radius 3 is 2.65 bits per heavy atom. The van der Waals surface area contributed by atoms with Gasteiger partial charge in [0.1, 0.15) is 11.9 Å². The van der Waals surface area contributed by atoms with Crippen LogP contribution in [0.5, 0.6) is 5.75 Å². The topological polar surface area (TPSA) is 61.0 Å². The number of ether oxygens (including phenoxy) is 1. The number of halogens is 1. The van der Waals surface area contributed by atoms with Crippen LogP contribution in [0.25, 0.3) is 0 Å². The van der Waals surface area contributed by atoms with Crippen molar-refractivity contribution in [2.45, 2.75) is 6.10 Å². The Bertz CT molecular complexity index is 478. The van der Waals surface area contributed by atoms with Gasteiger partial charge in [-0.25, -0.2) is 0 Å². The summed E-state index contributed by atoms with van der Waals surface area (Å²) in [5.74, 6) is 0.687. The fourth-order valence-corrected chi connectivity index (χ4v) is 1.80. The molecule has 5 heteroatoms. The molecule has 2 aromatic rings. The predicted molar refractivity (Wildman–Crippen MR) is 68.6 cm³/mol. The van der Waals surface area contributed by atoms with Crippen molar-refractivity contribution in [3.05, 3.63) is 53.0 Å². The fourth-order valence-electron chi connectivity index (χ4n) is 1.45. The number of pyridine rings is 2. The predicted octanol–water partition coefficient (Wildman–Crippen LogP) is 2.32. The highest BCUT2D eigenvalue weighted by Gasteiger charge is 2.11. The zero-order valence-electron chi connectivity index (χ0n) is 9.08. The zero-order valence-corrected chi connectivity index (χ0v) is 10.7. The van der Waals surface area contributed by atoms with Crippen molar-refractivity contribution in [2.24, 2.45) is 5.73 Å². The Hall–Kier alpha value is -1.46. The van der Waals surface area contributed by atoms with Crippen LogP contribution in [-0.2, 0) is 0 Å². The van der Waals surface area contributed by atoms with E-state index in [9.17, 15) is 0 Å². The van der Waals surface area contributed by atoms with Gasteiger partial charge in [0.15, 0.2) is 0 Å². The maximum atomic E-state index is 5.79. The summed E-state index contributed by atoms with van der Waals surface area (Å²) in [4.78, 5) is 8.01. The van der Waals surface area contributed by atoms with Crippen molar-refractivity contribution in [2.75, 3.05) is 6.54 Å². The second-order valence-electron chi connectivity index (χ2n) is 3.46. The summed E-state index contributed by atoms with van der Waals surface area (Å²) in [6.45, 7) is 0.399. The summed E-state index contributed by atoms with van der Waals surface area (Å²) in [5.41, 5.74) is 6.72. The Kier molecular flexibility index (Phi) is 4.06. The highest BCUT2D eigenvalue weighted by Crippen LogP contribution is 2.22. The van der Waals surface area contributed by atoms with Crippen LogP contribution in [0.15, 0.2) is 47.5 Å². The molecule has 0 aliphatic rings. The highest BCUT2D eigenvalue weighted by molar-refractivity contribution is 9.10.